The molecule has 0 aliphatic carbocycles. The molecule has 1 atom stereocenters. The summed E-state index contributed by atoms with van der Waals surface area (Å²) < 4.78 is 45.3. The van der Waals surface area contributed by atoms with Crippen molar-refractivity contribution in [3.05, 3.63) is 58.1 Å². The number of carbonyl (C=O) groups is 3. The second-order valence-corrected chi connectivity index (χ2v) is 8.34. The molecule has 1 aliphatic heterocycles. The summed E-state index contributed by atoms with van der Waals surface area (Å²) in [6, 6.07) is 0.696. The van der Waals surface area contributed by atoms with Crippen molar-refractivity contribution in [2.24, 2.45) is 4.99 Å². The zero-order valence-electron chi connectivity index (χ0n) is 20.8. The van der Waals surface area contributed by atoms with Crippen LogP contribution in [0.25, 0.3) is 5.65 Å². The Morgan fingerprint density at radius 3 is 2.66 bits per heavy atom. The van der Waals surface area contributed by atoms with E-state index in [1.54, 1.807) is 6.92 Å². The Balaban J connectivity index is 2.11. The van der Waals surface area contributed by atoms with Gasteiger partial charge in [-0.2, -0.15) is 9.61 Å². The van der Waals surface area contributed by atoms with Gasteiger partial charge >= 0.3 is 0 Å². The summed E-state index contributed by atoms with van der Waals surface area (Å²) in [7, 11) is 1.46. The van der Waals surface area contributed by atoms with Crippen LogP contribution in [0.15, 0.2) is 40.5 Å². The molecule has 0 aromatic carbocycles. The van der Waals surface area contributed by atoms with Crippen molar-refractivity contribution in [1.82, 2.24) is 29.7 Å². The summed E-state index contributed by atoms with van der Waals surface area (Å²) >= 11 is 0. The molecule has 0 saturated heterocycles. The first kappa shape index (κ1) is 28.3. The van der Waals surface area contributed by atoms with Crippen LogP contribution in [0.2, 0.25) is 0 Å². The molecule has 0 fully saturated rings. The standard InChI is InChI=1S/C23H26F3N7O5/c1-5-17(27-7-12(2)24)29-18(34)10-32-19-6-15(21(35)28-8-16(25)26)30-33(19)22(36)14-9-31(13(3)11-38-4)23(37)20(14)32/h5-7,13,16H,1,8-11H2,2-4H3,(H,28,35)(H,27,29,34)/b12-7+/t13-/m0/s1. The van der Waals surface area contributed by atoms with Crippen molar-refractivity contribution in [3.63, 3.8) is 0 Å². The largest absolute Gasteiger partial charge is 0.383 e. The second-order valence-electron chi connectivity index (χ2n) is 8.34. The number of halogens is 3. The predicted octanol–water partition coefficient (Wildman–Crippen LogP) is 1.01. The number of hydrogen-bond acceptors (Lipinski definition) is 7. The van der Waals surface area contributed by atoms with Gasteiger partial charge in [0, 0.05) is 13.2 Å². The van der Waals surface area contributed by atoms with E-state index in [2.05, 4.69) is 22.0 Å². The number of rotatable bonds is 10. The van der Waals surface area contributed by atoms with Crippen molar-refractivity contribution in [2.45, 2.75) is 39.4 Å². The number of fused-ring (bicyclic) bond motifs is 2. The number of allylic oxidation sites excluding steroid dienone is 1. The molecule has 0 radical (unpaired) electrons. The average Bonchev–Trinajstić information content (AvgIpc) is 3.45. The number of alkyl halides is 2. The minimum absolute atomic E-state index is 0.0227. The van der Waals surface area contributed by atoms with Gasteiger partial charge in [0.15, 0.2) is 5.69 Å². The molecular weight excluding hydrogens is 511 g/mol. The van der Waals surface area contributed by atoms with Gasteiger partial charge in [-0.05, 0) is 19.9 Å². The zero-order chi connectivity index (χ0) is 28.1. The minimum Gasteiger partial charge on any atom is -0.383 e. The number of methoxy groups -OCH3 is 1. The third kappa shape index (κ3) is 5.99. The maximum Gasteiger partial charge on any atom is 0.280 e. The third-order valence-electron chi connectivity index (χ3n) is 5.50. The summed E-state index contributed by atoms with van der Waals surface area (Å²) in [5.41, 5.74) is -1.25. The summed E-state index contributed by atoms with van der Waals surface area (Å²) in [4.78, 5) is 57.0. The minimum atomic E-state index is -2.81. The van der Waals surface area contributed by atoms with Crippen LogP contribution in [0.4, 0.5) is 13.2 Å². The van der Waals surface area contributed by atoms with E-state index in [-0.39, 0.29) is 41.6 Å². The third-order valence-corrected chi connectivity index (χ3v) is 5.50. The lowest BCUT2D eigenvalue weighted by molar-refractivity contribution is -0.120. The fourth-order valence-electron chi connectivity index (χ4n) is 3.82. The van der Waals surface area contributed by atoms with E-state index in [0.717, 1.165) is 23.7 Å². The lowest BCUT2D eigenvalue weighted by Crippen LogP contribution is -2.37. The van der Waals surface area contributed by atoms with Crippen molar-refractivity contribution in [2.75, 3.05) is 20.3 Å². The fraction of sp³-hybridized carbons (Fsp3) is 0.391. The van der Waals surface area contributed by atoms with Crippen molar-refractivity contribution < 1.29 is 32.3 Å². The smallest absolute Gasteiger partial charge is 0.280 e. The van der Waals surface area contributed by atoms with Crippen LogP contribution in [-0.2, 0) is 22.6 Å². The van der Waals surface area contributed by atoms with Gasteiger partial charge in [-0.1, -0.05) is 6.58 Å². The Morgan fingerprint density at radius 2 is 2.05 bits per heavy atom. The Kier molecular flexibility index (Phi) is 8.83. The van der Waals surface area contributed by atoms with E-state index in [0.29, 0.717) is 0 Å². The number of amidine groups is 1. The highest BCUT2D eigenvalue weighted by Gasteiger charge is 2.37. The Bertz CT molecular complexity index is 1390. The maximum absolute atomic E-state index is 13.4. The van der Waals surface area contributed by atoms with E-state index in [9.17, 15) is 32.3 Å². The Morgan fingerprint density at radius 1 is 1.34 bits per heavy atom. The molecule has 0 unspecified atom stereocenters. The topological polar surface area (TPSA) is 139 Å². The van der Waals surface area contributed by atoms with Crippen LogP contribution in [0.5, 0.6) is 0 Å². The lowest BCUT2D eigenvalue weighted by atomic mass is 10.2. The first-order valence-corrected chi connectivity index (χ1v) is 11.3. The van der Waals surface area contributed by atoms with Gasteiger partial charge < -0.3 is 24.8 Å². The normalized spacial score (nSPS) is 14.7. The van der Waals surface area contributed by atoms with Gasteiger partial charge in [-0.25, -0.2) is 18.2 Å². The Labute approximate surface area is 214 Å². The molecule has 3 heterocycles. The highest BCUT2D eigenvalue weighted by molar-refractivity contribution is 6.05. The molecule has 204 valence electrons. The Hall–Kier alpha value is -4.27. The molecule has 12 nitrogen and oxygen atoms in total. The van der Waals surface area contributed by atoms with Gasteiger partial charge in [0.05, 0.1) is 37.5 Å². The van der Waals surface area contributed by atoms with Gasteiger partial charge in [0.2, 0.25) is 5.91 Å². The van der Waals surface area contributed by atoms with E-state index in [1.807, 2.05) is 5.32 Å². The number of nitrogens with zero attached hydrogens (tertiary/aromatic N) is 5. The quantitative estimate of drug-likeness (QED) is 0.343. The number of ether oxygens (including phenoxy) is 1. The van der Waals surface area contributed by atoms with Gasteiger partial charge in [0.25, 0.3) is 23.8 Å². The molecule has 0 spiro atoms. The van der Waals surface area contributed by atoms with Crippen LogP contribution < -0.4 is 16.2 Å². The molecule has 0 saturated carbocycles. The molecular formula is C23H26F3N7O5. The SMILES string of the molecule is C=C/C(=N\C=C(/C)F)NC(=O)Cn1c2c(c(=O)n3nc(C(=O)NCC(F)F)cc13)CN([C@@H](C)COC)C2=O. The predicted molar refractivity (Wildman–Crippen MR) is 130 cm³/mol. The van der Waals surface area contributed by atoms with Crippen LogP contribution in [0, 0.1) is 0 Å². The molecule has 2 aromatic heterocycles. The fourth-order valence-corrected chi connectivity index (χ4v) is 3.82. The van der Waals surface area contributed by atoms with Crippen LogP contribution in [0.3, 0.4) is 0 Å². The molecule has 3 rings (SSSR count). The van der Waals surface area contributed by atoms with E-state index in [1.165, 1.54) is 22.7 Å². The van der Waals surface area contributed by atoms with E-state index in [4.69, 9.17) is 4.74 Å². The summed E-state index contributed by atoms with van der Waals surface area (Å²) in [6.45, 7) is 4.97. The monoisotopic (exact) mass is 537 g/mol. The molecule has 3 amide bonds. The number of hydrogen-bond donors (Lipinski definition) is 2. The average molecular weight is 537 g/mol. The van der Waals surface area contributed by atoms with Gasteiger partial charge in [-0.3, -0.25) is 19.2 Å². The second kappa shape index (κ2) is 11.9. The maximum atomic E-state index is 13.4. The number of aliphatic imine (C=N–C) groups is 1. The molecule has 0 bridgehead atoms. The highest BCUT2D eigenvalue weighted by atomic mass is 19.3. The first-order chi connectivity index (χ1) is 18.0. The van der Waals surface area contributed by atoms with Gasteiger partial charge in [0.1, 0.15) is 29.5 Å². The summed E-state index contributed by atoms with van der Waals surface area (Å²) in [5, 5.41) is 8.35. The number of amides is 3. The van der Waals surface area contributed by atoms with Crippen LogP contribution in [0.1, 0.15) is 40.4 Å². The highest BCUT2D eigenvalue weighted by Crippen LogP contribution is 2.24. The number of aromatic nitrogens is 3. The number of nitrogens with one attached hydrogen (secondary N) is 2. The van der Waals surface area contributed by atoms with E-state index >= 15 is 0 Å². The first-order valence-electron chi connectivity index (χ1n) is 11.3. The number of carbonyl (C=O) groups excluding carboxylic acids is 3. The summed E-state index contributed by atoms with van der Waals surface area (Å²) in [6.07, 6.45) is -0.767. The molecule has 15 heteroatoms. The van der Waals surface area contributed by atoms with Crippen LogP contribution in [-0.4, -0.2) is 75.4 Å². The molecule has 38 heavy (non-hydrogen) atoms. The van der Waals surface area contributed by atoms with Crippen molar-refractivity contribution in [3.8, 4) is 0 Å². The van der Waals surface area contributed by atoms with Gasteiger partial charge in [-0.15, -0.1) is 0 Å². The van der Waals surface area contributed by atoms with Crippen molar-refractivity contribution in [1.29, 1.82) is 0 Å². The molecule has 2 aromatic rings. The molecule has 1 aliphatic rings. The van der Waals surface area contributed by atoms with E-state index < -0.39 is 54.7 Å². The zero-order valence-corrected chi connectivity index (χ0v) is 20.8. The van der Waals surface area contributed by atoms with Crippen molar-refractivity contribution >= 4 is 29.2 Å². The van der Waals surface area contributed by atoms with Crippen LogP contribution >= 0.6 is 0 Å². The molecule has 2 N–H and O–H groups in total. The summed E-state index contributed by atoms with van der Waals surface area (Å²) in [5.74, 6) is -2.95. The lowest BCUT2D eigenvalue weighted by Gasteiger charge is -2.23.